The molecule has 0 unspecified atom stereocenters. The number of hydrogen-bond acceptors (Lipinski definition) is 4. The van der Waals surface area contributed by atoms with Crippen LogP contribution in [0.3, 0.4) is 0 Å². The van der Waals surface area contributed by atoms with Crippen molar-refractivity contribution in [3.05, 3.63) is 22.6 Å². The van der Waals surface area contributed by atoms with E-state index in [1.807, 2.05) is 6.92 Å². The van der Waals surface area contributed by atoms with Crippen LogP contribution in [0.5, 0.6) is 0 Å². The Balaban J connectivity index is 3.00. The summed E-state index contributed by atoms with van der Waals surface area (Å²) < 4.78 is 0. The monoisotopic (exact) mass is 183 g/mol. The molecule has 0 aliphatic heterocycles. The van der Waals surface area contributed by atoms with Gasteiger partial charge in [0.05, 0.1) is 12.3 Å². The molecule has 0 aliphatic rings. The zero-order chi connectivity index (χ0) is 9.84. The van der Waals surface area contributed by atoms with Crippen LogP contribution in [0.4, 0.5) is 11.4 Å². The quantitative estimate of drug-likeness (QED) is 0.663. The van der Waals surface area contributed by atoms with Gasteiger partial charge in [-0.1, -0.05) is 0 Å². The molecule has 1 aromatic heterocycles. The van der Waals surface area contributed by atoms with Crippen LogP contribution in [-0.2, 0) is 4.84 Å². The molecule has 0 saturated carbocycles. The second-order valence-electron chi connectivity index (χ2n) is 2.52. The Morgan fingerprint density at radius 2 is 2.38 bits per heavy atom. The maximum Gasteiger partial charge on any atom is 0.273 e. The fourth-order valence-corrected chi connectivity index (χ4v) is 1.02. The number of hydroxylamine groups is 1. The number of nitrogens with one attached hydrogen (secondary N) is 1. The summed E-state index contributed by atoms with van der Waals surface area (Å²) in [7, 11) is 1.70. The highest BCUT2D eigenvalue weighted by atomic mass is 16.7. The molecular formula is C8H13N3O2. The molecule has 5 heteroatoms. The van der Waals surface area contributed by atoms with Gasteiger partial charge in [0.25, 0.3) is 5.56 Å². The Labute approximate surface area is 76.1 Å². The average Bonchev–Trinajstić information content (AvgIpc) is 2.10. The highest BCUT2D eigenvalue weighted by molar-refractivity contribution is 5.64. The van der Waals surface area contributed by atoms with Gasteiger partial charge in [0.2, 0.25) is 0 Å². The van der Waals surface area contributed by atoms with Crippen LogP contribution in [0.1, 0.15) is 6.92 Å². The van der Waals surface area contributed by atoms with Gasteiger partial charge in [-0.15, -0.1) is 0 Å². The van der Waals surface area contributed by atoms with Gasteiger partial charge in [-0.2, -0.15) is 0 Å². The molecule has 0 saturated heterocycles. The van der Waals surface area contributed by atoms with Gasteiger partial charge >= 0.3 is 0 Å². The molecule has 72 valence electrons. The highest BCUT2D eigenvalue weighted by Crippen LogP contribution is 2.16. The van der Waals surface area contributed by atoms with E-state index in [1.54, 1.807) is 13.1 Å². The van der Waals surface area contributed by atoms with Gasteiger partial charge < -0.3 is 10.7 Å². The molecule has 0 amide bonds. The third-order valence-corrected chi connectivity index (χ3v) is 1.64. The standard InChI is InChI=1S/C8H13N3O2/c1-3-13-11(2)6-4-5-10-8(12)7(6)9/h4-5H,3,9H2,1-2H3,(H,10,12). The number of aromatic amines is 1. The average molecular weight is 183 g/mol. The number of hydrogen-bond donors (Lipinski definition) is 2. The number of anilines is 2. The predicted molar refractivity (Wildman–Crippen MR) is 51.5 cm³/mol. The summed E-state index contributed by atoms with van der Waals surface area (Å²) in [6.07, 6.45) is 1.53. The molecule has 3 N–H and O–H groups in total. The zero-order valence-corrected chi connectivity index (χ0v) is 7.70. The molecule has 1 aromatic rings. The second-order valence-corrected chi connectivity index (χ2v) is 2.52. The summed E-state index contributed by atoms with van der Waals surface area (Å²) in [6.45, 7) is 2.39. The first-order valence-corrected chi connectivity index (χ1v) is 4.00. The summed E-state index contributed by atoms with van der Waals surface area (Å²) in [5.41, 5.74) is 5.99. The van der Waals surface area contributed by atoms with Gasteiger partial charge in [-0.3, -0.25) is 14.7 Å². The molecule has 0 radical (unpaired) electrons. The largest absolute Gasteiger partial charge is 0.392 e. The van der Waals surface area contributed by atoms with Crippen LogP contribution < -0.4 is 16.4 Å². The Morgan fingerprint density at radius 1 is 1.69 bits per heavy atom. The number of pyridine rings is 1. The molecule has 1 rings (SSSR count). The van der Waals surface area contributed by atoms with E-state index in [1.165, 1.54) is 11.3 Å². The fraction of sp³-hybridized carbons (Fsp3) is 0.375. The second kappa shape index (κ2) is 3.95. The lowest BCUT2D eigenvalue weighted by molar-refractivity contribution is 0.135. The summed E-state index contributed by atoms with van der Waals surface area (Å²) in [6, 6.07) is 1.69. The number of aromatic nitrogens is 1. The van der Waals surface area contributed by atoms with Crippen molar-refractivity contribution in [3.63, 3.8) is 0 Å². The first-order valence-electron chi connectivity index (χ1n) is 4.00. The molecule has 0 spiro atoms. The zero-order valence-electron chi connectivity index (χ0n) is 7.70. The Morgan fingerprint density at radius 3 is 3.00 bits per heavy atom. The lowest BCUT2D eigenvalue weighted by Gasteiger charge is -2.18. The molecular weight excluding hydrogens is 170 g/mol. The van der Waals surface area contributed by atoms with Crippen LogP contribution in [-0.4, -0.2) is 18.6 Å². The van der Waals surface area contributed by atoms with Gasteiger partial charge in [-0.25, -0.2) is 0 Å². The SMILES string of the molecule is CCON(C)c1cc[nH]c(=O)c1N. The number of rotatable bonds is 3. The van der Waals surface area contributed by atoms with Crippen molar-refractivity contribution in [3.8, 4) is 0 Å². The van der Waals surface area contributed by atoms with E-state index in [9.17, 15) is 4.79 Å². The first kappa shape index (κ1) is 9.60. The molecule has 1 heterocycles. The van der Waals surface area contributed by atoms with Gasteiger partial charge in [0.1, 0.15) is 5.69 Å². The van der Waals surface area contributed by atoms with E-state index in [2.05, 4.69) is 4.98 Å². The minimum absolute atomic E-state index is 0.165. The van der Waals surface area contributed by atoms with Crippen molar-refractivity contribution in [2.24, 2.45) is 0 Å². The van der Waals surface area contributed by atoms with Crippen molar-refractivity contribution < 1.29 is 4.84 Å². The summed E-state index contributed by atoms with van der Waals surface area (Å²) in [5, 5.41) is 1.48. The lowest BCUT2D eigenvalue weighted by Crippen LogP contribution is -2.22. The normalized spacial score (nSPS) is 10.0. The predicted octanol–water partition coefficient (Wildman–Crippen LogP) is 0.345. The molecule has 0 aromatic carbocycles. The third kappa shape index (κ3) is 2.00. The van der Waals surface area contributed by atoms with Crippen molar-refractivity contribution in [1.29, 1.82) is 0 Å². The molecule has 0 atom stereocenters. The van der Waals surface area contributed by atoms with E-state index in [4.69, 9.17) is 10.6 Å². The third-order valence-electron chi connectivity index (χ3n) is 1.64. The van der Waals surface area contributed by atoms with Gasteiger partial charge in [0.15, 0.2) is 0 Å². The van der Waals surface area contributed by atoms with E-state index in [-0.39, 0.29) is 11.2 Å². The molecule has 0 bridgehead atoms. The van der Waals surface area contributed by atoms with E-state index in [0.29, 0.717) is 12.3 Å². The van der Waals surface area contributed by atoms with Crippen LogP contribution in [0.25, 0.3) is 0 Å². The highest BCUT2D eigenvalue weighted by Gasteiger charge is 2.06. The molecule has 13 heavy (non-hydrogen) atoms. The molecule has 0 aliphatic carbocycles. The maximum absolute atomic E-state index is 11.1. The van der Waals surface area contributed by atoms with Gasteiger partial charge in [-0.05, 0) is 13.0 Å². The van der Waals surface area contributed by atoms with Crippen LogP contribution in [0.2, 0.25) is 0 Å². The first-order chi connectivity index (χ1) is 6.16. The number of H-pyrrole nitrogens is 1. The van der Waals surface area contributed by atoms with Crippen molar-refractivity contribution in [1.82, 2.24) is 4.98 Å². The minimum Gasteiger partial charge on any atom is -0.392 e. The molecule has 0 fully saturated rings. The lowest BCUT2D eigenvalue weighted by atomic mass is 10.3. The van der Waals surface area contributed by atoms with Crippen LogP contribution in [0, 0.1) is 0 Å². The Kier molecular flexibility index (Phi) is 2.92. The van der Waals surface area contributed by atoms with Gasteiger partial charge in [0, 0.05) is 13.2 Å². The summed E-state index contributed by atoms with van der Waals surface area (Å²) in [4.78, 5) is 18.7. The van der Waals surface area contributed by atoms with Crippen LogP contribution in [0.15, 0.2) is 17.1 Å². The Bertz CT molecular complexity index is 334. The summed E-state index contributed by atoms with van der Waals surface area (Å²) in [5.74, 6) is 0. The van der Waals surface area contributed by atoms with Crippen molar-refractivity contribution in [2.45, 2.75) is 6.92 Å². The molecule has 5 nitrogen and oxygen atoms in total. The van der Waals surface area contributed by atoms with E-state index >= 15 is 0 Å². The number of nitrogen functional groups attached to an aromatic ring is 1. The Hall–Kier alpha value is -1.49. The topological polar surface area (TPSA) is 71.3 Å². The van der Waals surface area contributed by atoms with Crippen molar-refractivity contribution >= 4 is 11.4 Å². The maximum atomic E-state index is 11.1. The fourth-order valence-electron chi connectivity index (χ4n) is 1.02. The van der Waals surface area contributed by atoms with Crippen LogP contribution >= 0.6 is 0 Å². The van der Waals surface area contributed by atoms with E-state index in [0.717, 1.165) is 0 Å². The van der Waals surface area contributed by atoms with E-state index < -0.39 is 0 Å². The number of nitrogens with zero attached hydrogens (tertiary/aromatic N) is 1. The van der Waals surface area contributed by atoms with Crippen molar-refractivity contribution in [2.75, 3.05) is 24.5 Å². The number of nitrogens with two attached hydrogens (primary N) is 1. The minimum atomic E-state index is -0.302. The smallest absolute Gasteiger partial charge is 0.273 e. The summed E-state index contributed by atoms with van der Waals surface area (Å²) >= 11 is 0.